The Balaban J connectivity index is 2.36. The monoisotopic (exact) mass is 384 g/mol. The lowest BCUT2D eigenvalue weighted by molar-refractivity contribution is -0.137. The molecule has 0 aliphatic heterocycles. The zero-order valence-corrected chi connectivity index (χ0v) is 14.8. The van der Waals surface area contributed by atoms with Crippen LogP contribution < -0.4 is 5.32 Å². The Morgan fingerprint density at radius 1 is 1.46 bits per heavy atom. The van der Waals surface area contributed by atoms with E-state index in [2.05, 4.69) is 10.4 Å². The maximum absolute atomic E-state index is 12.7. The van der Waals surface area contributed by atoms with Crippen LogP contribution in [0.25, 0.3) is 5.69 Å². The lowest BCUT2D eigenvalue weighted by atomic mass is 10.1. The van der Waals surface area contributed by atoms with Crippen LogP contribution in [0.3, 0.4) is 0 Å². The molecule has 1 heterocycles. The Hall–Kier alpha value is -2.53. The van der Waals surface area contributed by atoms with Crippen LogP contribution in [0.2, 0.25) is 5.02 Å². The minimum Gasteiger partial charge on any atom is -0.364 e. The minimum atomic E-state index is -4.50. The third kappa shape index (κ3) is 4.55. The first-order valence-corrected chi connectivity index (χ1v) is 8.16. The lowest BCUT2D eigenvalue weighted by Gasteiger charge is -2.15. The fourth-order valence-electron chi connectivity index (χ4n) is 2.39. The van der Waals surface area contributed by atoms with Gasteiger partial charge in [-0.25, -0.2) is 4.68 Å². The van der Waals surface area contributed by atoms with Crippen LogP contribution in [0.4, 0.5) is 19.0 Å². The van der Waals surface area contributed by atoms with Crippen LogP contribution in [-0.4, -0.2) is 21.6 Å². The molecule has 0 aliphatic carbocycles. The molecule has 1 unspecified atom stereocenters. The molecular formula is C17H16ClF3N4O. The van der Waals surface area contributed by atoms with Crippen LogP contribution in [0.5, 0.6) is 0 Å². The molecule has 0 amide bonds. The van der Waals surface area contributed by atoms with E-state index in [-0.39, 0.29) is 40.3 Å². The molecular weight excluding hydrogens is 369 g/mol. The topological polar surface area (TPSA) is 70.7 Å². The van der Waals surface area contributed by atoms with Gasteiger partial charge in [-0.1, -0.05) is 18.5 Å². The number of halogens is 4. The number of alkyl halides is 3. The predicted molar refractivity (Wildman–Crippen MR) is 91.3 cm³/mol. The van der Waals surface area contributed by atoms with Crippen molar-refractivity contribution in [1.82, 2.24) is 9.78 Å². The quantitative estimate of drug-likeness (QED) is 0.791. The number of nitrogens with one attached hydrogen (secondary N) is 1. The number of rotatable bonds is 6. The second-order valence-electron chi connectivity index (χ2n) is 5.77. The second kappa shape index (κ2) is 7.79. The van der Waals surface area contributed by atoms with Crippen molar-refractivity contribution in [3.63, 3.8) is 0 Å². The summed E-state index contributed by atoms with van der Waals surface area (Å²) in [5.74, 6) is 0.240. The van der Waals surface area contributed by atoms with Gasteiger partial charge in [0.2, 0.25) is 0 Å². The number of aromatic nitrogens is 2. The molecule has 1 atom stereocenters. The highest BCUT2D eigenvalue weighted by molar-refractivity contribution is 6.32. The molecule has 0 saturated carbocycles. The van der Waals surface area contributed by atoms with Gasteiger partial charge >= 0.3 is 6.18 Å². The van der Waals surface area contributed by atoms with Crippen LogP contribution in [-0.2, 0) is 11.0 Å². The van der Waals surface area contributed by atoms with E-state index in [1.54, 1.807) is 0 Å². The number of ketones is 1. The van der Waals surface area contributed by atoms with Crippen LogP contribution in [0, 0.1) is 11.3 Å². The van der Waals surface area contributed by atoms with E-state index >= 15 is 0 Å². The number of carbonyl (C=O) groups excluding carboxylic acids is 1. The number of anilines is 1. The molecule has 9 heteroatoms. The summed E-state index contributed by atoms with van der Waals surface area (Å²) in [5.41, 5.74) is -0.462. The van der Waals surface area contributed by atoms with Gasteiger partial charge in [0.05, 0.1) is 22.5 Å². The van der Waals surface area contributed by atoms with E-state index in [1.165, 1.54) is 23.9 Å². The van der Waals surface area contributed by atoms with E-state index < -0.39 is 11.7 Å². The van der Waals surface area contributed by atoms with Gasteiger partial charge < -0.3 is 5.32 Å². The molecule has 0 spiro atoms. The molecule has 1 N–H and O–H groups in total. The van der Waals surface area contributed by atoms with Crippen molar-refractivity contribution < 1.29 is 18.0 Å². The number of carbonyl (C=O) groups is 1. The van der Waals surface area contributed by atoms with Gasteiger partial charge in [-0.2, -0.15) is 18.4 Å². The highest BCUT2D eigenvalue weighted by Crippen LogP contribution is 2.33. The molecule has 2 aromatic rings. The Bertz CT molecular complexity index is 855. The maximum atomic E-state index is 12.7. The highest BCUT2D eigenvalue weighted by Gasteiger charge is 2.31. The van der Waals surface area contributed by atoms with Crippen molar-refractivity contribution in [2.24, 2.45) is 0 Å². The number of nitrogens with zero attached hydrogens (tertiary/aromatic N) is 3. The average molecular weight is 385 g/mol. The van der Waals surface area contributed by atoms with E-state index in [0.717, 1.165) is 12.1 Å². The first-order valence-electron chi connectivity index (χ1n) is 7.78. The van der Waals surface area contributed by atoms with Gasteiger partial charge in [-0.15, -0.1) is 5.10 Å². The van der Waals surface area contributed by atoms with Crippen molar-refractivity contribution >= 4 is 23.2 Å². The average Bonchev–Trinajstić information content (AvgIpc) is 2.95. The molecule has 26 heavy (non-hydrogen) atoms. The smallest absolute Gasteiger partial charge is 0.364 e. The molecule has 0 bridgehead atoms. The van der Waals surface area contributed by atoms with Crippen molar-refractivity contribution in [3.8, 4) is 11.8 Å². The first kappa shape index (κ1) is 19.8. The number of nitriles is 1. The summed E-state index contributed by atoms with van der Waals surface area (Å²) in [6.45, 7) is 3.35. The van der Waals surface area contributed by atoms with Crippen molar-refractivity contribution in [2.45, 2.75) is 38.9 Å². The molecule has 0 fully saturated rings. The molecule has 5 nitrogen and oxygen atoms in total. The number of hydrogen-bond donors (Lipinski definition) is 1. The molecule has 1 aromatic heterocycles. The fraction of sp³-hybridized carbons (Fsp3) is 0.353. The van der Waals surface area contributed by atoms with Gasteiger partial charge in [0.1, 0.15) is 17.4 Å². The maximum Gasteiger partial charge on any atom is 0.416 e. The normalized spacial score (nSPS) is 12.5. The van der Waals surface area contributed by atoms with Gasteiger partial charge in [0.15, 0.2) is 5.82 Å². The summed E-state index contributed by atoms with van der Waals surface area (Å²) < 4.78 is 39.5. The summed E-state index contributed by atoms with van der Waals surface area (Å²) >= 11 is 5.97. The summed E-state index contributed by atoms with van der Waals surface area (Å²) in [7, 11) is 0. The van der Waals surface area contributed by atoms with Gasteiger partial charge in [0.25, 0.3) is 0 Å². The standard InChI is InChI=1S/C17H16ClF3N4O/c1-3-13(6-10(2)26)23-16-11(8-22)9-25(24-16)15-5-4-12(7-14(15)18)17(19,20)21/h4-5,7,9,13H,3,6H2,1-2H3,(H,23,24). The van der Waals surface area contributed by atoms with E-state index in [1.807, 2.05) is 13.0 Å². The van der Waals surface area contributed by atoms with Crippen molar-refractivity contribution in [2.75, 3.05) is 5.32 Å². The molecule has 0 saturated heterocycles. The first-order chi connectivity index (χ1) is 12.2. The summed E-state index contributed by atoms with van der Waals surface area (Å²) in [6.07, 6.45) is -2.22. The van der Waals surface area contributed by atoms with Gasteiger partial charge in [-0.3, -0.25) is 4.79 Å². The Morgan fingerprint density at radius 2 is 2.15 bits per heavy atom. The van der Waals surface area contributed by atoms with Crippen molar-refractivity contribution in [3.05, 3.63) is 40.5 Å². The van der Waals surface area contributed by atoms with Crippen LogP contribution >= 0.6 is 11.6 Å². The third-order valence-electron chi connectivity index (χ3n) is 3.72. The third-order valence-corrected chi connectivity index (χ3v) is 4.03. The Labute approximate surface area is 153 Å². The summed E-state index contributed by atoms with van der Waals surface area (Å²) in [5, 5.41) is 16.4. The fourth-order valence-corrected chi connectivity index (χ4v) is 2.66. The Morgan fingerprint density at radius 3 is 2.65 bits per heavy atom. The molecule has 0 aliphatic rings. The Kier molecular flexibility index (Phi) is 5.93. The highest BCUT2D eigenvalue weighted by atomic mass is 35.5. The second-order valence-corrected chi connectivity index (χ2v) is 6.17. The summed E-state index contributed by atoms with van der Waals surface area (Å²) in [6, 6.07) is 4.66. The van der Waals surface area contributed by atoms with E-state index in [9.17, 15) is 23.2 Å². The largest absolute Gasteiger partial charge is 0.416 e. The zero-order chi connectivity index (χ0) is 19.5. The van der Waals surface area contributed by atoms with Gasteiger partial charge in [-0.05, 0) is 31.5 Å². The SMILES string of the molecule is CCC(CC(C)=O)Nc1nn(-c2ccc(C(F)(F)F)cc2Cl)cc1C#N. The zero-order valence-electron chi connectivity index (χ0n) is 14.1. The number of hydrogen-bond acceptors (Lipinski definition) is 4. The van der Waals surface area contributed by atoms with Crippen LogP contribution in [0.1, 0.15) is 37.8 Å². The van der Waals surface area contributed by atoms with E-state index in [4.69, 9.17) is 11.6 Å². The molecule has 138 valence electrons. The van der Waals surface area contributed by atoms with Crippen molar-refractivity contribution in [1.29, 1.82) is 5.26 Å². The van der Waals surface area contributed by atoms with Crippen LogP contribution in [0.15, 0.2) is 24.4 Å². The van der Waals surface area contributed by atoms with Gasteiger partial charge in [0, 0.05) is 12.5 Å². The number of benzene rings is 1. The minimum absolute atomic E-state index is 0.00641. The molecule has 2 rings (SSSR count). The predicted octanol–water partition coefficient (Wildman–Crippen LogP) is 4.59. The van der Waals surface area contributed by atoms with E-state index in [0.29, 0.717) is 6.42 Å². The number of Topliss-reactive ketones (excluding diaryl/α,β-unsaturated/α-hetero) is 1. The molecule has 1 aromatic carbocycles. The molecule has 0 radical (unpaired) electrons. The summed E-state index contributed by atoms with van der Waals surface area (Å²) in [4.78, 5) is 11.3. The lowest BCUT2D eigenvalue weighted by Crippen LogP contribution is -2.22.